The normalized spacial score (nSPS) is 12.9. The van der Waals surface area contributed by atoms with E-state index in [-0.39, 0.29) is 11.4 Å². The van der Waals surface area contributed by atoms with Gasteiger partial charge in [-0.25, -0.2) is 21.7 Å². The molecule has 0 spiro atoms. The van der Waals surface area contributed by atoms with Gasteiger partial charge in [0.05, 0.1) is 17.8 Å². The summed E-state index contributed by atoms with van der Waals surface area (Å²) < 4.78 is 55.0. The standard InChI is InChI=1S/C14H19N3O6S2/c1-4-17(10-15)14(18)13(9-24(3,19)20)16-25(21,22)12-7-5-11(23-2)6-8-12/h5-8,13,16H,4,9H2,1-3H3. The Hall–Kier alpha value is -2.16. The SMILES string of the molecule is CCN(C#N)C(=O)C(CS(C)(=O)=O)NS(=O)(=O)c1ccc(OC)cc1. The van der Waals surface area contributed by atoms with Crippen LogP contribution < -0.4 is 9.46 Å². The first-order chi connectivity index (χ1) is 11.5. The van der Waals surface area contributed by atoms with Gasteiger partial charge in [-0.3, -0.25) is 4.79 Å². The van der Waals surface area contributed by atoms with Crippen LogP contribution in [0.3, 0.4) is 0 Å². The lowest BCUT2D eigenvalue weighted by Gasteiger charge is -2.21. The van der Waals surface area contributed by atoms with Gasteiger partial charge in [-0.15, -0.1) is 0 Å². The first-order valence-electron chi connectivity index (χ1n) is 7.09. The third-order valence-corrected chi connectivity index (χ3v) is 5.56. The lowest BCUT2D eigenvalue weighted by atomic mass is 10.3. The number of carbonyl (C=O) groups is 1. The molecular formula is C14H19N3O6S2. The highest BCUT2D eigenvalue weighted by Crippen LogP contribution is 2.16. The molecule has 11 heteroatoms. The highest BCUT2D eigenvalue weighted by molar-refractivity contribution is 7.91. The molecule has 0 saturated carbocycles. The Bertz CT molecular complexity index is 857. The Balaban J connectivity index is 3.18. The van der Waals surface area contributed by atoms with E-state index in [1.54, 1.807) is 6.19 Å². The van der Waals surface area contributed by atoms with Crippen LogP contribution in [-0.2, 0) is 24.7 Å². The number of nitriles is 1. The Morgan fingerprint density at radius 1 is 1.28 bits per heavy atom. The number of likely N-dealkylation sites (N-methyl/N-ethyl adjacent to an activating group) is 1. The first-order valence-corrected chi connectivity index (χ1v) is 10.6. The zero-order chi connectivity index (χ0) is 19.3. The summed E-state index contributed by atoms with van der Waals surface area (Å²) in [4.78, 5) is 12.8. The van der Waals surface area contributed by atoms with Crippen LogP contribution >= 0.6 is 0 Å². The summed E-state index contributed by atoms with van der Waals surface area (Å²) in [6.07, 6.45) is 2.47. The van der Waals surface area contributed by atoms with Crippen molar-refractivity contribution in [1.82, 2.24) is 9.62 Å². The van der Waals surface area contributed by atoms with E-state index in [1.807, 2.05) is 0 Å². The van der Waals surface area contributed by atoms with Gasteiger partial charge < -0.3 is 4.74 Å². The van der Waals surface area contributed by atoms with Crippen molar-refractivity contribution in [1.29, 1.82) is 5.26 Å². The quantitative estimate of drug-likeness (QED) is 0.477. The number of ether oxygens (including phenoxy) is 1. The van der Waals surface area contributed by atoms with Crippen LogP contribution in [0.1, 0.15) is 6.92 Å². The molecule has 0 aromatic heterocycles. The highest BCUT2D eigenvalue weighted by Gasteiger charge is 2.31. The van der Waals surface area contributed by atoms with Crippen molar-refractivity contribution in [3.05, 3.63) is 24.3 Å². The molecule has 0 aliphatic carbocycles. The maximum Gasteiger partial charge on any atom is 0.254 e. The van der Waals surface area contributed by atoms with E-state index in [1.165, 1.54) is 38.3 Å². The molecule has 0 fully saturated rings. The number of rotatable bonds is 8. The fourth-order valence-corrected chi connectivity index (χ4v) is 4.06. The third-order valence-electron chi connectivity index (χ3n) is 3.14. The third kappa shape index (κ3) is 6.00. The monoisotopic (exact) mass is 389 g/mol. The molecule has 0 aliphatic rings. The zero-order valence-corrected chi connectivity index (χ0v) is 15.6. The summed E-state index contributed by atoms with van der Waals surface area (Å²) in [6, 6.07) is 3.73. The topological polar surface area (TPSA) is 134 Å². The second-order valence-corrected chi connectivity index (χ2v) is 9.02. The number of carbonyl (C=O) groups excluding carboxylic acids is 1. The molecule has 0 radical (unpaired) electrons. The lowest BCUT2D eigenvalue weighted by molar-refractivity contribution is -0.129. The molecular weight excluding hydrogens is 370 g/mol. The molecule has 0 aliphatic heterocycles. The van der Waals surface area contributed by atoms with Crippen molar-refractivity contribution in [2.24, 2.45) is 0 Å². The van der Waals surface area contributed by atoms with Gasteiger partial charge in [-0.05, 0) is 31.2 Å². The van der Waals surface area contributed by atoms with Crippen LogP contribution in [0.5, 0.6) is 5.75 Å². The van der Waals surface area contributed by atoms with Gasteiger partial charge in [0.25, 0.3) is 5.91 Å². The van der Waals surface area contributed by atoms with Gasteiger partial charge in [-0.1, -0.05) is 0 Å². The van der Waals surface area contributed by atoms with Crippen LogP contribution in [0.4, 0.5) is 0 Å². The van der Waals surface area contributed by atoms with Crippen molar-refractivity contribution in [2.45, 2.75) is 17.9 Å². The van der Waals surface area contributed by atoms with E-state index in [0.29, 0.717) is 10.6 Å². The van der Waals surface area contributed by atoms with Crippen LogP contribution in [0, 0.1) is 11.5 Å². The molecule has 0 saturated heterocycles. The van der Waals surface area contributed by atoms with Crippen LogP contribution in [-0.4, -0.2) is 59.3 Å². The van der Waals surface area contributed by atoms with Gasteiger partial charge in [0.2, 0.25) is 10.0 Å². The fourth-order valence-electron chi connectivity index (χ4n) is 1.93. The van der Waals surface area contributed by atoms with E-state index in [2.05, 4.69) is 4.72 Å². The maximum atomic E-state index is 12.4. The van der Waals surface area contributed by atoms with Gasteiger partial charge in [0.15, 0.2) is 6.19 Å². The first kappa shape index (κ1) is 20.9. The number of sulfonamides is 1. The minimum absolute atomic E-state index is 0.0140. The summed E-state index contributed by atoms with van der Waals surface area (Å²) in [5, 5.41) is 8.93. The summed E-state index contributed by atoms with van der Waals surface area (Å²) >= 11 is 0. The van der Waals surface area contributed by atoms with E-state index >= 15 is 0 Å². The minimum Gasteiger partial charge on any atom is -0.497 e. The predicted molar refractivity (Wildman–Crippen MR) is 89.8 cm³/mol. The van der Waals surface area contributed by atoms with E-state index in [0.717, 1.165) is 6.26 Å². The van der Waals surface area contributed by atoms with E-state index < -0.39 is 37.6 Å². The maximum absolute atomic E-state index is 12.4. The number of nitrogens with zero attached hydrogens (tertiary/aromatic N) is 2. The van der Waals surface area contributed by atoms with Crippen LogP contribution in [0.2, 0.25) is 0 Å². The molecule has 1 unspecified atom stereocenters. The number of hydrogen-bond donors (Lipinski definition) is 1. The van der Waals surface area contributed by atoms with Gasteiger partial charge in [0.1, 0.15) is 21.6 Å². The molecule has 1 aromatic carbocycles. The van der Waals surface area contributed by atoms with E-state index in [4.69, 9.17) is 10.00 Å². The molecule has 0 heterocycles. The molecule has 0 bridgehead atoms. The molecule has 1 aromatic rings. The van der Waals surface area contributed by atoms with Gasteiger partial charge >= 0.3 is 0 Å². The average molecular weight is 389 g/mol. The second kappa shape index (κ2) is 8.28. The number of nitrogens with one attached hydrogen (secondary N) is 1. The smallest absolute Gasteiger partial charge is 0.254 e. The van der Waals surface area contributed by atoms with Crippen LogP contribution in [0.25, 0.3) is 0 Å². The Morgan fingerprint density at radius 3 is 2.24 bits per heavy atom. The van der Waals surface area contributed by atoms with Crippen molar-refractivity contribution >= 4 is 25.8 Å². The molecule has 1 amide bonds. The number of amides is 1. The fraction of sp³-hybridized carbons (Fsp3) is 0.429. The number of hydrogen-bond acceptors (Lipinski definition) is 7. The summed E-state index contributed by atoms with van der Waals surface area (Å²) in [5.41, 5.74) is 0. The predicted octanol–water partition coefficient (Wildman–Crippen LogP) is -0.284. The number of sulfone groups is 1. The largest absolute Gasteiger partial charge is 0.497 e. The Labute approximate surface area is 147 Å². The lowest BCUT2D eigenvalue weighted by Crippen LogP contribution is -2.50. The van der Waals surface area contributed by atoms with Crippen molar-refractivity contribution in [3.63, 3.8) is 0 Å². The summed E-state index contributed by atoms with van der Waals surface area (Å²) in [7, 11) is -6.45. The zero-order valence-electron chi connectivity index (χ0n) is 14.0. The molecule has 1 rings (SSSR count). The Kier molecular flexibility index (Phi) is 6.92. The highest BCUT2D eigenvalue weighted by atomic mass is 32.2. The average Bonchev–Trinajstić information content (AvgIpc) is 2.53. The number of benzene rings is 1. The Morgan fingerprint density at radius 2 is 1.84 bits per heavy atom. The molecule has 138 valence electrons. The van der Waals surface area contributed by atoms with E-state index in [9.17, 15) is 21.6 Å². The molecule has 9 nitrogen and oxygen atoms in total. The van der Waals surface area contributed by atoms with Gasteiger partial charge in [-0.2, -0.15) is 9.98 Å². The number of methoxy groups -OCH3 is 1. The van der Waals surface area contributed by atoms with Crippen LogP contribution in [0.15, 0.2) is 29.2 Å². The summed E-state index contributed by atoms with van der Waals surface area (Å²) in [6.45, 7) is 1.50. The minimum atomic E-state index is -4.18. The summed E-state index contributed by atoms with van der Waals surface area (Å²) in [5.74, 6) is -1.27. The van der Waals surface area contributed by atoms with Crippen molar-refractivity contribution in [2.75, 3.05) is 25.7 Å². The second-order valence-electron chi connectivity index (χ2n) is 5.12. The van der Waals surface area contributed by atoms with Crippen molar-refractivity contribution < 1.29 is 26.4 Å². The molecule has 25 heavy (non-hydrogen) atoms. The molecule has 1 atom stereocenters. The van der Waals surface area contributed by atoms with Crippen molar-refractivity contribution in [3.8, 4) is 11.9 Å². The molecule has 1 N–H and O–H groups in total. The van der Waals surface area contributed by atoms with Gasteiger partial charge in [0, 0.05) is 12.8 Å².